The first kappa shape index (κ1) is 21.9. The first-order chi connectivity index (χ1) is 15.8. The summed E-state index contributed by atoms with van der Waals surface area (Å²) in [6.07, 6.45) is 3.36. The van der Waals surface area contributed by atoms with Crippen molar-refractivity contribution in [2.45, 2.75) is 13.5 Å². The number of anilines is 3. The van der Waals surface area contributed by atoms with Crippen LogP contribution in [0.1, 0.15) is 31.8 Å². The van der Waals surface area contributed by atoms with Crippen molar-refractivity contribution in [1.29, 1.82) is 0 Å². The van der Waals surface area contributed by atoms with E-state index in [-0.39, 0.29) is 5.91 Å². The number of carbonyl (C=O) groups is 2. The molecule has 4 rings (SSSR count). The van der Waals surface area contributed by atoms with Gasteiger partial charge in [0.1, 0.15) is 5.82 Å². The molecular weight excluding hydrogens is 416 g/mol. The number of nitrogens with zero attached hydrogens (tertiary/aromatic N) is 2. The Balaban J connectivity index is 1.57. The second-order valence-electron chi connectivity index (χ2n) is 8.04. The van der Waals surface area contributed by atoms with Crippen LogP contribution in [0.5, 0.6) is 0 Å². The number of primary amides is 1. The lowest BCUT2D eigenvalue weighted by atomic mass is 10.1. The van der Waals surface area contributed by atoms with E-state index in [4.69, 9.17) is 5.73 Å². The molecule has 0 radical (unpaired) electrons. The highest BCUT2D eigenvalue weighted by atomic mass is 16.2. The molecule has 5 N–H and O–H groups in total. The van der Waals surface area contributed by atoms with Gasteiger partial charge in [-0.15, -0.1) is 0 Å². The summed E-state index contributed by atoms with van der Waals surface area (Å²) in [5.74, 6) is -0.0563. The van der Waals surface area contributed by atoms with Crippen LogP contribution in [0, 0.1) is 6.92 Å². The number of rotatable bonds is 7. The molecule has 2 aromatic carbocycles. The highest BCUT2D eigenvalue weighted by Gasteiger charge is 2.14. The van der Waals surface area contributed by atoms with Gasteiger partial charge in [0, 0.05) is 61.3 Å². The van der Waals surface area contributed by atoms with E-state index in [0.717, 1.165) is 27.7 Å². The molecule has 2 heterocycles. The standard InChI is InChI=1S/C25H26N6O2/c1-15-11-17(7-8-18(15)25(33)31(2)3)30-23-12-22(20(14-29-23)24(26)32)28-13-16-5-4-6-21-19(16)9-10-27-21/h4-12,14,27H,13H2,1-3H3,(H2,26,32)(H2,28,29,30). The van der Waals surface area contributed by atoms with E-state index in [2.05, 4.69) is 20.6 Å². The van der Waals surface area contributed by atoms with Crippen molar-refractivity contribution in [3.8, 4) is 0 Å². The molecule has 0 aliphatic carbocycles. The number of amides is 2. The van der Waals surface area contributed by atoms with Gasteiger partial charge in [-0.1, -0.05) is 12.1 Å². The fraction of sp³-hybridized carbons (Fsp3) is 0.160. The molecule has 2 amide bonds. The van der Waals surface area contributed by atoms with Crippen LogP contribution < -0.4 is 16.4 Å². The summed E-state index contributed by atoms with van der Waals surface area (Å²) in [7, 11) is 3.45. The van der Waals surface area contributed by atoms with Gasteiger partial charge < -0.3 is 26.3 Å². The molecule has 0 bridgehead atoms. The SMILES string of the molecule is Cc1cc(Nc2cc(NCc3cccc4[nH]ccc34)c(C(N)=O)cn2)ccc1C(=O)N(C)C. The predicted octanol–water partition coefficient (Wildman–Crippen LogP) is 4.03. The van der Waals surface area contributed by atoms with E-state index in [1.165, 1.54) is 6.20 Å². The molecule has 0 saturated carbocycles. The van der Waals surface area contributed by atoms with Crippen LogP contribution in [0.4, 0.5) is 17.2 Å². The molecule has 0 unspecified atom stereocenters. The Hall–Kier alpha value is -4.33. The van der Waals surface area contributed by atoms with Gasteiger partial charge in [-0.3, -0.25) is 9.59 Å². The third-order valence-corrected chi connectivity index (χ3v) is 5.46. The van der Waals surface area contributed by atoms with Crippen molar-refractivity contribution in [2.24, 2.45) is 5.73 Å². The molecule has 0 aliphatic heterocycles. The lowest BCUT2D eigenvalue weighted by Gasteiger charge is -2.15. The predicted molar refractivity (Wildman–Crippen MR) is 131 cm³/mol. The van der Waals surface area contributed by atoms with E-state index in [1.807, 2.05) is 49.5 Å². The van der Waals surface area contributed by atoms with Crippen molar-refractivity contribution in [1.82, 2.24) is 14.9 Å². The van der Waals surface area contributed by atoms with Crippen LogP contribution in [-0.2, 0) is 6.54 Å². The highest BCUT2D eigenvalue weighted by Crippen LogP contribution is 2.25. The van der Waals surface area contributed by atoms with Crippen LogP contribution in [0.25, 0.3) is 10.9 Å². The number of aromatic amines is 1. The Morgan fingerprint density at radius 3 is 2.64 bits per heavy atom. The van der Waals surface area contributed by atoms with E-state index in [1.54, 1.807) is 31.1 Å². The van der Waals surface area contributed by atoms with Gasteiger partial charge in [0.05, 0.1) is 11.3 Å². The number of aromatic nitrogens is 2. The second-order valence-corrected chi connectivity index (χ2v) is 8.04. The first-order valence-electron chi connectivity index (χ1n) is 10.5. The molecule has 0 fully saturated rings. The topological polar surface area (TPSA) is 116 Å². The number of nitrogens with one attached hydrogen (secondary N) is 3. The van der Waals surface area contributed by atoms with Gasteiger partial charge in [-0.25, -0.2) is 4.98 Å². The normalized spacial score (nSPS) is 10.8. The third-order valence-electron chi connectivity index (χ3n) is 5.46. The molecule has 0 aliphatic rings. The van der Waals surface area contributed by atoms with E-state index < -0.39 is 5.91 Å². The molecule has 168 valence electrons. The monoisotopic (exact) mass is 442 g/mol. The van der Waals surface area contributed by atoms with E-state index >= 15 is 0 Å². The maximum Gasteiger partial charge on any atom is 0.253 e. The summed E-state index contributed by atoms with van der Waals surface area (Å²) >= 11 is 0. The molecule has 0 saturated heterocycles. The van der Waals surface area contributed by atoms with Gasteiger partial charge in [-0.05, 0) is 48.4 Å². The highest BCUT2D eigenvalue weighted by molar-refractivity contribution is 5.99. The maximum atomic E-state index is 12.3. The largest absolute Gasteiger partial charge is 0.380 e. The minimum Gasteiger partial charge on any atom is -0.380 e. The van der Waals surface area contributed by atoms with E-state index in [9.17, 15) is 9.59 Å². The molecule has 0 atom stereocenters. The number of aryl methyl sites for hydroxylation is 1. The van der Waals surface area contributed by atoms with Crippen molar-refractivity contribution in [3.63, 3.8) is 0 Å². The average molecular weight is 443 g/mol. The number of fused-ring (bicyclic) bond motifs is 1. The van der Waals surface area contributed by atoms with Crippen LogP contribution in [0.2, 0.25) is 0 Å². The van der Waals surface area contributed by atoms with Gasteiger partial charge in [-0.2, -0.15) is 0 Å². The fourth-order valence-electron chi connectivity index (χ4n) is 3.73. The Morgan fingerprint density at radius 1 is 1.09 bits per heavy atom. The average Bonchev–Trinajstić information content (AvgIpc) is 3.27. The van der Waals surface area contributed by atoms with Crippen LogP contribution in [0.3, 0.4) is 0 Å². The van der Waals surface area contributed by atoms with E-state index in [0.29, 0.717) is 29.2 Å². The second kappa shape index (κ2) is 9.04. The van der Waals surface area contributed by atoms with Crippen LogP contribution in [-0.4, -0.2) is 40.8 Å². The summed E-state index contributed by atoms with van der Waals surface area (Å²) in [5, 5.41) is 7.67. The first-order valence-corrected chi connectivity index (χ1v) is 10.5. The molecule has 4 aromatic rings. The minimum absolute atomic E-state index is 0.0492. The molecule has 0 spiro atoms. The number of nitrogens with two attached hydrogens (primary N) is 1. The number of H-pyrrole nitrogens is 1. The summed E-state index contributed by atoms with van der Waals surface area (Å²) in [4.78, 5) is 33.3. The number of carbonyl (C=O) groups excluding carboxylic acids is 2. The smallest absolute Gasteiger partial charge is 0.253 e. The Kier molecular flexibility index (Phi) is 5.99. The molecule has 8 nitrogen and oxygen atoms in total. The summed E-state index contributed by atoms with van der Waals surface area (Å²) in [5.41, 5.74) is 10.9. The molecule has 8 heteroatoms. The number of hydrogen-bond donors (Lipinski definition) is 4. The van der Waals surface area contributed by atoms with Crippen molar-refractivity contribution < 1.29 is 9.59 Å². The Bertz CT molecular complexity index is 1340. The van der Waals surface area contributed by atoms with Gasteiger partial charge in [0.25, 0.3) is 11.8 Å². The fourth-order valence-corrected chi connectivity index (χ4v) is 3.73. The lowest BCUT2D eigenvalue weighted by molar-refractivity contribution is 0.0826. The van der Waals surface area contributed by atoms with Gasteiger partial charge in [0.2, 0.25) is 0 Å². The quantitative estimate of drug-likeness (QED) is 0.345. The summed E-state index contributed by atoms with van der Waals surface area (Å²) in [6, 6.07) is 15.3. The van der Waals surface area contributed by atoms with Crippen LogP contribution >= 0.6 is 0 Å². The number of pyridine rings is 1. The minimum atomic E-state index is -0.557. The lowest BCUT2D eigenvalue weighted by Crippen LogP contribution is -2.22. The third kappa shape index (κ3) is 4.64. The maximum absolute atomic E-state index is 12.3. The van der Waals surface area contributed by atoms with Crippen molar-refractivity contribution in [3.05, 3.63) is 83.2 Å². The van der Waals surface area contributed by atoms with Gasteiger partial charge in [0.15, 0.2) is 0 Å². The number of benzene rings is 2. The zero-order chi connectivity index (χ0) is 23.5. The molecule has 2 aromatic heterocycles. The number of hydrogen-bond acceptors (Lipinski definition) is 5. The zero-order valence-corrected chi connectivity index (χ0v) is 18.8. The zero-order valence-electron chi connectivity index (χ0n) is 18.8. The van der Waals surface area contributed by atoms with Crippen molar-refractivity contribution in [2.75, 3.05) is 24.7 Å². The Labute approximate surface area is 191 Å². The van der Waals surface area contributed by atoms with Crippen LogP contribution in [0.15, 0.2) is 60.9 Å². The summed E-state index contributed by atoms with van der Waals surface area (Å²) < 4.78 is 0. The summed E-state index contributed by atoms with van der Waals surface area (Å²) in [6.45, 7) is 2.40. The Morgan fingerprint density at radius 2 is 1.91 bits per heavy atom. The molecular formula is C25H26N6O2. The van der Waals surface area contributed by atoms with Gasteiger partial charge >= 0.3 is 0 Å². The molecule has 33 heavy (non-hydrogen) atoms. The van der Waals surface area contributed by atoms with Crippen molar-refractivity contribution >= 4 is 39.9 Å².